The molecule has 37 heavy (non-hydrogen) atoms. The van der Waals surface area contributed by atoms with Gasteiger partial charge in [-0.3, -0.25) is 9.52 Å². The lowest BCUT2D eigenvalue weighted by Gasteiger charge is -2.37. The number of carbonyl (C=O) groups excluding carboxylic acids is 1. The highest BCUT2D eigenvalue weighted by molar-refractivity contribution is 7.92. The monoisotopic (exact) mass is 523 g/mol. The van der Waals surface area contributed by atoms with Crippen LogP contribution in [0.2, 0.25) is 0 Å². The number of nitrogens with one attached hydrogen (secondary N) is 1. The van der Waals surface area contributed by atoms with Gasteiger partial charge in [-0.25, -0.2) is 18.4 Å². The Morgan fingerprint density at radius 2 is 1.76 bits per heavy atom. The molecule has 0 aliphatic carbocycles. The lowest BCUT2D eigenvalue weighted by atomic mass is 10.1. The molecule has 0 spiro atoms. The minimum absolute atomic E-state index is 0. The summed E-state index contributed by atoms with van der Waals surface area (Å²) in [5.41, 5.74) is 3.18. The van der Waals surface area contributed by atoms with Gasteiger partial charge in [0.05, 0.1) is 4.90 Å². The minimum atomic E-state index is -3.74. The lowest BCUT2D eigenvalue weighted by molar-refractivity contribution is -0.134. The number of piperazine rings is 1. The Morgan fingerprint density at radius 3 is 2.43 bits per heavy atom. The van der Waals surface area contributed by atoms with Crippen molar-refractivity contribution in [2.24, 2.45) is 0 Å². The molecule has 4 aromatic rings. The molecule has 0 bridgehead atoms. The molecule has 1 aliphatic rings. The smallest absolute Gasteiger partial charge is 0.263 e. The van der Waals surface area contributed by atoms with Gasteiger partial charge in [0.1, 0.15) is 18.2 Å². The van der Waals surface area contributed by atoms with Crippen LogP contribution in [0.5, 0.6) is 0 Å². The molecule has 2 aromatic carbocycles. The molecular weight excluding hydrogens is 490 g/mol. The van der Waals surface area contributed by atoms with Crippen molar-refractivity contribution >= 4 is 38.3 Å². The quantitative estimate of drug-likeness (QED) is 0.392. The third-order valence-electron chi connectivity index (χ3n) is 6.57. The van der Waals surface area contributed by atoms with Crippen LogP contribution in [-0.2, 0) is 14.8 Å². The zero-order valence-corrected chi connectivity index (χ0v) is 21.7. The number of fused-ring (bicyclic) bond motifs is 1. The molecule has 1 atom stereocenters. The fraction of sp³-hybridized carbons (Fsp3) is 0.269. The van der Waals surface area contributed by atoms with Crippen molar-refractivity contribution < 1.29 is 14.6 Å². The Kier molecular flexibility index (Phi) is 7.46. The van der Waals surface area contributed by atoms with E-state index < -0.39 is 10.0 Å². The second-order valence-corrected chi connectivity index (χ2v) is 10.7. The van der Waals surface area contributed by atoms with Gasteiger partial charge in [0, 0.05) is 51.2 Å². The van der Waals surface area contributed by atoms with Crippen LogP contribution in [0.25, 0.3) is 10.9 Å². The maximum Gasteiger partial charge on any atom is 0.263 e. The number of nitrogens with zero attached hydrogens (tertiary/aromatic N) is 5. The third kappa shape index (κ3) is 5.42. The molecule has 1 fully saturated rings. The van der Waals surface area contributed by atoms with Crippen LogP contribution in [0.4, 0.5) is 11.5 Å². The standard InChI is InChI=1S/C26H28N6O3S.H3N.H2/c1-19-3-8-24-21(17-19)10-12-32(24)20(2)26(33)31-15-13-30(14-16-31)22-4-6-23(7-5-22)36(34,35)29-25-9-11-27-18-28-25;;/h3-12,17-18,20H,13-16H2,1-2H3,(H,27,28,29);1H3;1H/t20-;;/m1../s1. The number of hydrogen-bond donors (Lipinski definition) is 2. The summed E-state index contributed by atoms with van der Waals surface area (Å²) in [5.74, 6) is 0.317. The molecule has 1 amide bonds. The summed E-state index contributed by atoms with van der Waals surface area (Å²) in [6.07, 6.45) is 4.74. The maximum absolute atomic E-state index is 13.3. The zero-order valence-electron chi connectivity index (χ0n) is 20.9. The molecule has 1 saturated heterocycles. The summed E-state index contributed by atoms with van der Waals surface area (Å²) < 4.78 is 29.8. The van der Waals surface area contributed by atoms with Gasteiger partial charge in [-0.1, -0.05) is 11.6 Å². The highest BCUT2D eigenvalue weighted by Gasteiger charge is 2.27. The van der Waals surface area contributed by atoms with E-state index >= 15 is 0 Å². The van der Waals surface area contributed by atoms with E-state index in [0.29, 0.717) is 26.2 Å². The molecule has 2 aromatic heterocycles. The number of benzene rings is 2. The predicted octanol–water partition coefficient (Wildman–Crippen LogP) is 3.86. The Labute approximate surface area is 218 Å². The van der Waals surface area contributed by atoms with Gasteiger partial charge in [0.15, 0.2) is 0 Å². The van der Waals surface area contributed by atoms with E-state index in [2.05, 4.69) is 50.8 Å². The number of sulfonamides is 1. The minimum Gasteiger partial charge on any atom is -0.368 e. The number of hydrogen-bond acceptors (Lipinski definition) is 7. The average molecular weight is 524 g/mol. The average Bonchev–Trinajstić information content (AvgIpc) is 3.31. The first-order valence-corrected chi connectivity index (χ1v) is 13.3. The van der Waals surface area contributed by atoms with Gasteiger partial charge >= 0.3 is 0 Å². The Bertz CT molecular complexity index is 1490. The molecule has 11 heteroatoms. The van der Waals surface area contributed by atoms with Crippen LogP contribution in [0.3, 0.4) is 0 Å². The van der Waals surface area contributed by atoms with Crippen molar-refractivity contribution in [3.8, 4) is 0 Å². The van der Waals surface area contributed by atoms with E-state index in [9.17, 15) is 13.2 Å². The predicted molar refractivity (Wildman–Crippen MR) is 147 cm³/mol. The fourth-order valence-electron chi connectivity index (χ4n) is 4.57. The van der Waals surface area contributed by atoms with Crippen molar-refractivity contribution in [2.45, 2.75) is 24.8 Å². The number of anilines is 2. The highest BCUT2D eigenvalue weighted by Crippen LogP contribution is 2.25. The Morgan fingerprint density at radius 1 is 1.03 bits per heavy atom. The highest BCUT2D eigenvalue weighted by atomic mass is 32.2. The summed E-state index contributed by atoms with van der Waals surface area (Å²) in [5, 5.41) is 1.14. The van der Waals surface area contributed by atoms with Crippen LogP contribution >= 0.6 is 0 Å². The van der Waals surface area contributed by atoms with Gasteiger partial charge in [0.25, 0.3) is 10.0 Å². The second kappa shape index (κ2) is 10.6. The summed E-state index contributed by atoms with van der Waals surface area (Å²) in [6.45, 7) is 6.58. The zero-order chi connectivity index (χ0) is 25.3. The normalized spacial score (nSPS) is 14.8. The second-order valence-electron chi connectivity index (χ2n) is 8.97. The fourth-order valence-corrected chi connectivity index (χ4v) is 5.58. The van der Waals surface area contributed by atoms with Crippen LogP contribution in [0, 0.1) is 6.92 Å². The van der Waals surface area contributed by atoms with E-state index in [1.54, 1.807) is 24.3 Å². The summed E-state index contributed by atoms with van der Waals surface area (Å²) in [6, 6.07) is 16.3. The van der Waals surface area contributed by atoms with Crippen LogP contribution in [-0.4, -0.2) is 59.9 Å². The summed E-state index contributed by atoms with van der Waals surface area (Å²) >= 11 is 0. The van der Waals surface area contributed by atoms with Crippen LogP contribution in [0.15, 0.2) is 78.2 Å². The summed E-state index contributed by atoms with van der Waals surface area (Å²) in [7, 11) is -3.74. The van der Waals surface area contributed by atoms with Crippen molar-refractivity contribution in [3.63, 3.8) is 0 Å². The number of rotatable bonds is 6. The molecule has 4 N–H and O–H groups in total. The number of aryl methyl sites for hydroxylation is 1. The number of carbonyl (C=O) groups is 1. The SMILES string of the molecule is Cc1ccc2c(ccn2[C@H](C)C(=O)N2CCN(c3ccc(S(=O)(=O)Nc4ccncn4)cc3)CC2)c1.N.[HH]. The molecular formula is C26H33N7O3S. The molecule has 3 heterocycles. The van der Waals surface area contributed by atoms with Crippen molar-refractivity contribution in [1.82, 2.24) is 25.6 Å². The first-order chi connectivity index (χ1) is 17.3. The molecule has 5 rings (SSSR count). The van der Waals surface area contributed by atoms with Gasteiger partial charge < -0.3 is 20.5 Å². The Balaban J connectivity index is 0.00000200. The summed E-state index contributed by atoms with van der Waals surface area (Å²) in [4.78, 5) is 25.2. The van der Waals surface area contributed by atoms with Crippen molar-refractivity contribution in [3.05, 3.63) is 78.9 Å². The molecule has 0 radical (unpaired) electrons. The van der Waals surface area contributed by atoms with Crippen LogP contribution in [0.1, 0.15) is 20.0 Å². The lowest BCUT2D eigenvalue weighted by Crippen LogP contribution is -2.50. The number of amides is 1. The van der Waals surface area contributed by atoms with Gasteiger partial charge in [-0.15, -0.1) is 0 Å². The van der Waals surface area contributed by atoms with Gasteiger partial charge in [-0.2, -0.15) is 0 Å². The van der Waals surface area contributed by atoms with E-state index in [1.807, 2.05) is 22.6 Å². The molecule has 196 valence electrons. The van der Waals surface area contributed by atoms with Gasteiger partial charge in [0.2, 0.25) is 5.91 Å². The number of aromatic nitrogens is 3. The Hall–Kier alpha value is -3.96. The molecule has 1 aliphatic heterocycles. The third-order valence-corrected chi connectivity index (χ3v) is 7.95. The molecule has 0 saturated carbocycles. The van der Waals surface area contributed by atoms with Gasteiger partial charge in [-0.05, 0) is 67.8 Å². The van der Waals surface area contributed by atoms with Crippen molar-refractivity contribution in [1.29, 1.82) is 0 Å². The largest absolute Gasteiger partial charge is 0.368 e. The first-order valence-electron chi connectivity index (χ1n) is 11.8. The maximum atomic E-state index is 13.3. The van der Waals surface area contributed by atoms with E-state index in [4.69, 9.17) is 0 Å². The van der Waals surface area contributed by atoms with E-state index in [-0.39, 0.29) is 30.2 Å². The van der Waals surface area contributed by atoms with Crippen molar-refractivity contribution in [2.75, 3.05) is 35.8 Å². The topological polar surface area (TPSA) is 135 Å². The molecule has 10 nitrogen and oxygen atoms in total. The first kappa shape index (κ1) is 26.1. The van der Waals surface area contributed by atoms with E-state index in [1.165, 1.54) is 24.2 Å². The molecule has 0 unspecified atom stereocenters. The van der Waals surface area contributed by atoms with Crippen LogP contribution < -0.4 is 15.8 Å². The van der Waals surface area contributed by atoms with E-state index in [0.717, 1.165) is 16.6 Å².